The van der Waals surface area contributed by atoms with Crippen molar-refractivity contribution < 1.29 is 13.2 Å². The molecule has 0 bridgehead atoms. The predicted molar refractivity (Wildman–Crippen MR) is 87.5 cm³/mol. The molecule has 0 saturated heterocycles. The third-order valence-corrected chi connectivity index (χ3v) is 4.51. The number of rotatable bonds is 4. The van der Waals surface area contributed by atoms with Crippen LogP contribution < -0.4 is 16.2 Å². The van der Waals surface area contributed by atoms with Crippen LogP contribution in [-0.4, -0.2) is 29.3 Å². The molecule has 122 valence electrons. The second kappa shape index (κ2) is 5.74. The molecule has 24 heavy (non-hydrogen) atoms. The zero-order chi connectivity index (χ0) is 17.3. The summed E-state index contributed by atoms with van der Waals surface area (Å²) in [5.74, 6) is -0.728. The van der Waals surface area contributed by atoms with Crippen molar-refractivity contribution in [1.82, 2.24) is 15.0 Å². The zero-order valence-electron chi connectivity index (χ0n) is 12.2. The Balaban J connectivity index is 2.12. The number of anilines is 2. The lowest BCUT2D eigenvalue weighted by Crippen LogP contribution is -2.16. The topological polar surface area (TPSA) is 154 Å². The first kappa shape index (κ1) is 15.6. The first-order valence-corrected chi connectivity index (χ1v) is 8.14. The summed E-state index contributed by atoms with van der Waals surface area (Å²) in [7, 11) is -3.99. The number of aromatic nitrogens is 3. The van der Waals surface area contributed by atoms with Crippen LogP contribution in [0.15, 0.2) is 47.8 Å². The maximum absolute atomic E-state index is 12.5. The fraction of sp³-hybridized carbons (Fsp3) is 0. The molecule has 0 atom stereocenters. The summed E-state index contributed by atoms with van der Waals surface area (Å²) < 4.78 is 27.3. The Bertz CT molecular complexity index is 1030. The minimum atomic E-state index is -3.99. The average Bonchev–Trinajstić information content (AvgIpc) is 2.54. The number of carbonyl (C=O) groups excluding carboxylic acids is 1. The van der Waals surface area contributed by atoms with E-state index in [0.717, 1.165) is 12.4 Å². The predicted octanol–water partition coefficient (Wildman–Crippen LogP) is 0.507. The lowest BCUT2D eigenvalue weighted by molar-refractivity contribution is 0.100. The molecule has 0 saturated carbocycles. The molecule has 1 amide bonds. The van der Waals surface area contributed by atoms with E-state index < -0.39 is 15.9 Å². The second-order valence-electron chi connectivity index (χ2n) is 4.85. The third-order valence-electron chi connectivity index (χ3n) is 3.19. The number of nitrogens with two attached hydrogens (primary N) is 2. The van der Waals surface area contributed by atoms with Crippen LogP contribution >= 0.6 is 0 Å². The number of primary amides is 1. The number of sulfonamides is 1. The highest BCUT2D eigenvalue weighted by Crippen LogP contribution is 2.25. The van der Waals surface area contributed by atoms with Gasteiger partial charge in [0.25, 0.3) is 10.0 Å². The number of benzene rings is 1. The summed E-state index contributed by atoms with van der Waals surface area (Å²) in [5.41, 5.74) is 11.3. The van der Waals surface area contributed by atoms with Gasteiger partial charge in [0.1, 0.15) is 4.90 Å². The van der Waals surface area contributed by atoms with Crippen molar-refractivity contribution in [2.45, 2.75) is 4.90 Å². The summed E-state index contributed by atoms with van der Waals surface area (Å²) in [6.45, 7) is 0. The van der Waals surface area contributed by atoms with Crippen LogP contribution in [0.5, 0.6) is 0 Å². The van der Waals surface area contributed by atoms with Crippen molar-refractivity contribution in [2.24, 2.45) is 5.73 Å². The highest BCUT2D eigenvalue weighted by molar-refractivity contribution is 7.92. The lowest BCUT2D eigenvalue weighted by atomic mass is 10.1. The van der Waals surface area contributed by atoms with Gasteiger partial charge in [-0.2, -0.15) is 0 Å². The zero-order valence-corrected chi connectivity index (χ0v) is 13.0. The fourth-order valence-electron chi connectivity index (χ4n) is 2.08. The Hall–Kier alpha value is -3.27. The van der Waals surface area contributed by atoms with Crippen LogP contribution in [0.3, 0.4) is 0 Å². The number of amides is 1. The van der Waals surface area contributed by atoms with E-state index in [1.54, 1.807) is 12.1 Å². The van der Waals surface area contributed by atoms with Gasteiger partial charge < -0.3 is 11.5 Å². The Morgan fingerprint density at radius 2 is 1.83 bits per heavy atom. The molecule has 3 rings (SSSR count). The molecule has 0 unspecified atom stereocenters. The number of carbonyl (C=O) groups is 1. The van der Waals surface area contributed by atoms with Crippen molar-refractivity contribution in [2.75, 3.05) is 10.5 Å². The van der Waals surface area contributed by atoms with Crippen molar-refractivity contribution in [3.8, 4) is 0 Å². The SMILES string of the molecule is NC(=O)c1cc(NS(=O)(=O)c2cnc(N)nc2)c2ncccc2c1. The largest absolute Gasteiger partial charge is 0.368 e. The fourth-order valence-corrected chi connectivity index (χ4v) is 3.03. The van der Waals surface area contributed by atoms with Crippen molar-refractivity contribution >= 4 is 38.5 Å². The van der Waals surface area contributed by atoms with Crippen molar-refractivity contribution in [3.63, 3.8) is 0 Å². The van der Waals surface area contributed by atoms with E-state index in [1.165, 1.54) is 18.3 Å². The molecule has 10 heteroatoms. The Morgan fingerprint density at radius 1 is 1.12 bits per heavy atom. The number of pyridine rings is 1. The van der Waals surface area contributed by atoms with E-state index in [9.17, 15) is 13.2 Å². The van der Waals surface area contributed by atoms with Gasteiger partial charge in [0, 0.05) is 17.1 Å². The van der Waals surface area contributed by atoms with Gasteiger partial charge in [-0.25, -0.2) is 18.4 Å². The Labute approximate surface area is 136 Å². The highest BCUT2D eigenvalue weighted by atomic mass is 32.2. The molecule has 2 aromatic heterocycles. The van der Waals surface area contributed by atoms with Crippen molar-refractivity contribution in [1.29, 1.82) is 0 Å². The Kier molecular flexibility index (Phi) is 3.73. The van der Waals surface area contributed by atoms with Crippen LogP contribution in [-0.2, 0) is 10.0 Å². The average molecular weight is 344 g/mol. The lowest BCUT2D eigenvalue weighted by Gasteiger charge is -2.11. The molecular formula is C14H12N6O3S. The Morgan fingerprint density at radius 3 is 2.50 bits per heavy atom. The first-order chi connectivity index (χ1) is 11.4. The molecule has 3 aromatic rings. The number of nitrogens with one attached hydrogen (secondary N) is 1. The van der Waals surface area contributed by atoms with Gasteiger partial charge in [-0.15, -0.1) is 0 Å². The van der Waals surface area contributed by atoms with E-state index >= 15 is 0 Å². The number of nitrogens with zero attached hydrogens (tertiary/aromatic N) is 3. The van der Waals surface area contributed by atoms with E-state index in [2.05, 4.69) is 19.7 Å². The molecule has 2 heterocycles. The summed E-state index contributed by atoms with van der Waals surface area (Å²) >= 11 is 0. The molecule has 1 aromatic carbocycles. The summed E-state index contributed by atoms with van der Waals surface area (Å²) in [5, 5.41) is 0.569. The van der Waals surface area contributed by atoms with Gasteiger partial charge in [-0.1, -0.05) is 6.07 Å². The van der Waals surface area contributed by atoms with Gasteiger partial charge in [0.2, 0.25) is 11.9 Å². The van der Waals surface area contributed by atoms with Crippen LogP contribution in [0.2, 0.25) is 0 Å². The van der Waals surface area contributed by atoms with Gasteiger partial charge in [-0.3, -0.25) is 14.5 Å². The second-order valence-corrected chi connectivity index (χ2v) is 6.53. The smallest absolute Gasteiger partial charge is 0.265 e. The molecular weight excluding hydrogens is 332 g/mol. The molecule has 9 nitrogen and oxygen atoms in total. The molecule has 0 fully saturated rings. The highest BCUT2D eigenvalue weighted by Gasteiger charge is 2.18. The van der Waals surface area contributed by atoms with E-state index in [1.807, 2.05) is 0 Å². The van der Waals surface area contributed by atoms with E-state index in [0.29, 0.717) is 10.9 Å². The third kappa shape index (κ3) is 2.94. The minimum Gasteiger partial charge on any atom is -0.368 e. The molecule has 0 aliphatic rings. The van der Waals surface area contributed by atoms with Crippen molar-refractivity contribution in [3.05, 3.63) is 48.4 Å². The maximum atomic E-state index is 12.5. The number of fused-ring (bicyclic) bond motifs is 1. The number of hydrogen-bond donors (Lipinski definition) is 3. The monoisotopic (exact) mass is 344 g/mol. The normalized spacial score (nSPS) is 11.3. The number of nitrogen functional groups attached to an aromatic ring is 1. The van der Waals surface area contributed by atoms with Crippen LogP contribution in [0.4, 0.5) is 11.6 Å². The van der Waals surface area contributed by atoms with E-state index in [4.69, 9.17) is 11.5 Å². The van der Waals surface area contributed by atoms with Gasteiger partial charge >= 0.3 is 0 Å². The van der Waals surface area contributed by atoms with Gasteiger partial charge in [0.15, 0.2) is 0 Å². The molecule has 0 aliphatic heterocycles. The van der Waals surface area contributed by atoms with Gasteiger partial charge in [-0.05, 0) is 18.2 Å². The summed E-state index contributed by atoms with van der Waals surface area (Å²) in [4.78, 5) is 22.7. The first-order valence-electron chi connectivity index (χ1n) is 6.66. The summed E-state index contributed by atoms with van der Waals surface area (Å²) in [6, 6.07) is 6.22. The van der Waals surface area contributed by atoms with Gasteiger partial charge in [0.05, 0.1) is 23.6 Å². The minimum absolute atomic E-state index is 0.0446. The molecule has 0 spiro atoms. The van der Waals surface area contributed by atoms with Crippen LogP contribution in [0.1, 0.15) is 10.4 Å². The summed E-state index contributed by atoms with van der Waals surface area (Å²) in [6.07, 6.45) is 3.67. The maximum Gasteiger partial charge on any atom is 0.265 e. The molecule has 5 N–H and O–H groups in total. The standard InChI is InChI=1S/C14H12N6O3S/c15-13(21)9-4-8-2-1-3-17-12(8)11(5-9)20-24(22,23)10-6-18-14(16)19-7-10/h1-7,20H,(H2,15,21)(H2,16,18,19). The number of hydrogen-bond acceptors (Lipinski definition) is 7. The van der Waals surface area contributed by atoms with Crippen LogP contribution in [0, 0.1) is 0 Å². The molecule has 0 radical (unpaired) electrons. The van der Waals surface area contributed by atoms with E-state index in [-0.39, 0.29) is 22.1 Å². The van der Waals surface area contributed by atoms with Crippen LogP contribution in [0.25, 0.3) is 10.9 Å². The molecule has 0 aliphatic carbocycles. The quantitative estimate of drug-likeness (QED) is 0.622.